The van der Waals surface area contributed by atoms with Crippen molar-refractivity contribution in [3.63, 3.8) is 0 Å². The average Bonchev–Trinajstić information content (AvgIpc) is 2.94. The summed E-state index contributed by atoms with van der Waals surface area (Å²) in [5.41, 5.74) is 3.18. The second kappa shape index (κ2) is 8.68. The van der Waals surface area contributed by atoms with Crippen molar-refractivity contribution < 1.29 is 0 Å². The van der Waals surface area contributed by atoms with E-state index >= 15 is 0 Å². The molecule has 0 aliphatic rings. The van der Waals surface area contributed by atoms with Crippen LogP contribution in [-0.2, 0) is 6.54 Å². The topological polar surface area (TPSA) is 53.7 Å². The maximum Gasteiger partial charge on any atom is 0.191 e. The number of hydrogen-bond donors (Lipinski definition) is 2. The van der Waals surface area contributed by atoms with Gasteiger partial charge in [-0.05, 0) is 43.9 Å². The maximum absolute atomic E-state index is 4.62. The van der Waals surface area contributed by atoms with Crippen molar-refractivity contribution in [3.8, 4) is 0 Å². The van der Waals surface area contributed by atoms with Gasteiger partial charge in [0.25, 0.3) is 0 Å². The van der Waals surface area contributed by atoms with Gasteiger partial charge in [0.05, 0.1) is 12.2 Å². The van der Waals surface area contributed by atoms with Crippen molar-refractivity contribution >= 4 is 23.4 Å². The Labute approximate surface area is 136 Å². The van der Waals surface area contributed by atoms with E-state index in [0.717, 1.165) is 30.3 Å². The minimum atomic E-state index is 0.672. The molecule has 0 atom stereocenters. The second-order valence-corrected chi connectivity index (χ2v) is 6.17. The molecule has 2 aromatic heterocycles. The van der Waals surface area contributed by atoms with Gasteiger partial charge in [0, 0.05) is 25.5 Å². The molecule has 0 spiro atoms. The van der Waals surface area contributed by atoms with Crippen LogP contribution in [0.15, 0.2) is 29.4 Å². The first-order chi connectivity index (χ1) is 10.7. The molecule has 0 aliphatic carbocycles. The van der Waals surface area contributed by atoms with Crippen molar-refractivity contribution in [2.75, 3.05) is 25.6 Å². The van der Waals surface area contributed by atoms with E-state index in [9.17, 15) is 0 Å². The van der Waals surface area contributed by atoms with Crippen LogP contribution in [0.4, 0.5) is 0 Å². The van der Waals surface area contributed by atoms with E-state index in [2.05, 4.69) is 50.5 Å². The fourth-order valence-electron chi connectivity index (χ4n) is 2.26. The Morgan fingerprint density at radius 3 is 2.91 bits per heavy atom. The second-order valence-electron chi connectivity index (χ2n) is 5.18. The van der Waals surface area contributed by atoms with Crippen LogP contribution in [0.3, 0.4) is 0 Å². The fraction of sp³-hybridized carbons (Fsp3) is 0.500. The highest BCUT2D eigenvalue weighted by Gasteiger charge is 2.04. The minimum Gasteiger partial charge on any atom is -0.356 e. The lowest BCUT2D eigenvalue weighted by molar-refractivity contribution is 0.730. The molecule has 120 valence electrons. The van der Waals surface area contributed by atoms with Crippen molar-refractivity contribution in [1.82, 2.24) is 20.0 Å². The van der Waals surface area contributed by atoms with E-state index in [0.29, 0.717) is 6.54 Å². The monoisotopic (exact) mass is 319 g/mol. The summed E-state index contributed by atoms with van der Waals surface area (Å²) >= 11 is 1.89. The minimum absolute atomic E-state index is 0.672. The first kappa shape index (κ1) is 16.7. The van der Waals surface area contributed by atoms with Gasteiger partial charge in [0.15, 0.2) is 5.96 Å². The Morgan fingerprint density at radius 2 is 2.18 bits per heavy atom. The van der Waals surface area contributed by atoms with Crippen LogP contribution in [0.5, 0.6) is 0 Å². The zero-order valence-corrected chi connectivity index (χ0v) is 14.4. The van der Waals surface area contributed by atoms with E-state index in [1.54, 1.807) is 7.05 Å². The highest BCUT2D eigenvalue weighted by Crippen LogP contribution is 2.08. The molecule has 5 nitrogen and oxygen atoms in total. The Hall–Kier alpha value is -1.69. The molecular weight excluding hydrogens is 294 g/mol. The Kier molecular flexibility index (Phi) is 6.58. The molecule has 0 bridgehead atoms. The number of nitrogens with zero attached hydrogens (tertiary/aromatic N) is 3. The number of aliphatic imine (C=N–C) groups is 1. The van der Waals surface area contributed by atoms with E-state index < -0.39 is 0 Å². The van der Waals surface area contributed by atoms with Crippen LogP contribution >= 0.6 is 11.8 Å². The molecular formula is C16H25N5S. The van der Waals surface area contributed by atoms with Gasteiger partial charge < -0.3 is 15.0 Å². The van der Waals surface area contributed by atoms with Gasteiger partial charge in [0.2, 0.25) is 0 Å². The summed E-state index contributed by atoms with van der Waals surface area (Å²) in [5.74, 6) is 2.05. The van der Waals surface area contributed by atoms with Crippen molar-refractivity contribution in [3.05, 3.63) is 35.8 Å². The summed E-state index contributed by atoms with van der Waals surface area (Å²) < 4.78 is 2.11. The molecule has 22 heavy (non-hydrogen) atoms. The predicted octanol–water partition coefficient (Wildman–Crippen LogP) is 2.45. The number of aromatic nitrogens is 2. The van der Waals surface area contributed by atoms with E-state index in [-0.39, 0.29) is 0 Å². The highest BCUT2D eigenvalue weighted by molar-refractivity contribution is 7.98. The van der Waals surface area contributed by atoms with Gasteiger partial charge in [-0.1, -0.05) is 6.07 Å². The highest BCUT2D eigenvalue weighted by atomic mass is 32.2. The molecule has 0 aromatic carbocycles. The lowest BCUT2D eigenvalue weighted by Crippen LogP contribution is -2.37. The molecule has 0 unspecified atom stereocenters. The zero-order valence-electron chi connectivity index (χ0n) is 13.6. The zero-order chi connectivity index (χ0) is 15.8. The molecule has 0 fully saturated rings. The van der Waals surface area contributed by atoms with Crippen molar-refractivity contribution in [2.45, 2.75) is 26.3 Å². The molecule has 0 amide bonds. The molecule has 0 saturated heterocycles. The van der Waals surface area contributed by atoms with Crippen molar-refractivity contribution in [1.29, 1.82) is 0 Å². The van der Waals surface area contributed by atoms with E-state index in [4.69, 9.17) is 0 Å². The third-order valence-electron chi connectivity index (χ3n) is 3.47. The van der Waals surface area contributed by atoms with Crippen molar-refractivity contribution in [2.24, 2.45) is 4.99 Å². The third kappa shape index (κ3) is 4.66. The molecule has 2 heterocycles. The van der Waals surface area contributed by atoms with E-state index in [1.807, 2.05) is 23.9 Å². The van der Waals surface area contributed by atoms with Crippen LogP contribution in [0, 0.1) is 6.92 Å². The van der Waals surface area contributed by atoms with E-state index in [1.165, 1.54) is 17.9 Å². The summed E-state index contributed by atoms with van der Waals surface area (Å²) in [6.07, 6.45) is 6.61. The molecule has 0 saturated carbocycles. The lowest BCUT2D eigenvalue weighted by atomic mass is 10.3. The number of pyridine rings is 1. The first-order valence-corrected chi connectivity index (χ1v) is 9.01. The third-order valence-corrected chi connectivity index (χ3v) is 4.17. The maximum atomic E-state index is 4.62. The number of unbranched alkanes of at least 4 members (excludes halogenated alkanes) is 1. The average molecular weight is 319 g/mol. The number of guanidine groups is 1. The van der Waals surface area contributed by atoms with Gasteiger partial charge >= 0.3 is 0 Å². The van der Waals surface area contributed by atoms with Gasteiger partial charge in [-0.25, -0.2) is 4.98 Å². The van der Waals surface area contributed by atoms with Crippen LogP contribution in [0.25, 0.3) is 5.65 Å². The summed E-state index contributed by atoms with van der Waals surface area (Å²) in [5, 5.41) is 6.65. The largest absolute Gasteiger partial charge is 0.356 e. The Bertz CT molecular complexity index is 620. The van der Waals surface area contributed by atoms with Gasteiger partial charge in [-0.3, -0.25) is 4.99 Å². The Morgan fingerprint density at radius 1 is 1.32 bits per heavy atom. The summed E-state index contributed by atoms with van der Waals surface area (Å²) in [4.78, 5) is 8.86. The van der Waals surface area contributed by atoms with Gasteiger partial charge in [-0.15, -0.1) is 0 Å². The smallest absolute Gasteiger partial charge is 0.191 e. The fourth-order valence-corrected chi connectivity index (χ4v) is 2.75. The summed E-state index contributed by atoms with van der Waals surface area (Å²) in [6.45, 7) is 3.71. The van der Waals surface area contributed by atoms with Gasteiger partial charge in [0.1, 0.15) is 5.65 Å². The number of aryl methyl sites for hydroxylation is 1. The molecule has 2 rings (SSSR count). The number of thioether (sulfide) groups is 1. The molecule has 2 N–H and O–H groups in total. The SMILES string of the molecule is CN=C(NCCCCSC)NCc1cn2c(C)cccc2n1. The number of rotatable bonds is 7. The van der Waals surface area contributed by atoms with Crippen LogP contribution < -0.4 is 10.6 Å². The van der Waals surface area contributed by atoms with Gasteiger partial charge in [-0.2, -0.15) is 11.8 Å². The standard InChI is InChI=1S/C16H25N5S/c1-13-7-6-8-15-20-14(12-21(13)15)11-19-16(17-2)18-9-4-5-10-22-3/h6-8,12H,4-5,9-11H2,1-3H3,(H2,17,18,19). The number of fused-ring (bicyclic) bond motifs is 1. The molecule has 0 aliphatic heterocycles. The van der Waals surface area contributed by atoms with Crippen LogP contribution in [-0.4, -0.2) is 40.9 Å². The molecule has 2 aromatic rings. The molecule has 6 heteroatoms. The normalized spacial score (nSPS) is 11.9. The summed E-state index contributed by atoms with van der Waals surface area (Å²) in [6, 6.07) is 6.14. The van der Waals surface area contributed by atoms with Crippen LogP contribution in [0.1, 0.15) is 24.2 Å². The number of nitrogens with one attached hydrogen (secondary N) is 2. The summed E-state index contributed by atoms with van der Waals surface area (Å²) in [7, 11) is 1.80. The number of hydrogen-bond acceptors (Lipinski definition) is 3. The quantitative estimate of drug-likeness (QED) is 0.468. The first-order valence-electron chi connectivity index (χ1n) is 7.61. The molecule has 0 radical (unpaired) electrons. The Balaban J connectivity index is 1.83. The van der Waals surface area contributed by atoms with Crippen LogP contribution in [0.2, 0.25) is 0 Å². The predicted molar refractivity (Wildman–Crippen MR) is 95.7 cm³/mol. The lowest BCUT2D eigenvalue weighted by Gasteiger charge is -2.10. The number of imidazole rings is 1.